The molecule has 156 valence electrons. The van der Waals surface area contributed by atoms with Crippen LogP contribution in [0.5, 0.6) is 0 Å². The molecule has 0 bridgehead atoms. The second-order valence-corrected chi connectivity index (χ2v) is 7.74. The van der Waals surface area contributed by atoms with Crippen molar-refractivity contribution in [1.29, 1.82) is 0 Å². The summed E-state index contributed by atoms with van der Waals surface area (Å²) in [5.74, 6) is 1.31. The first-order valence-corrected chi connectivity index (χ1v) is 10.4. The first-order valence-electron chi connectivity index (χ1n) is 10.0. The van der Waals surface area contributed by atoms with Crippen LogP contribution >= 0.6 is 11.6 Å². The molecule has 6 nitrogen and oxygen atoms in total. The van der Waals surface area contributed by atoms with Gasteiger partial charge in [0.2, 0.25) is 5.65 Å². The summed E-state index contributed by atoms with van der Waals surface area (Å²) in [4.78, 5) is 17.2. The highest BCUT2D eigenvalue weighted by molar-refractivity contribution is 6.30. The maximum absolute atomic E-state index is 12.5. The van der Waals surface area contributed by atoms with Crippen molar-refractivity contribution in [2.24, 2.45) is 0 Å². The van der Waals surface area contributed by atoms with Crippen LogP contribution in [0.2, 0.25) is 5.02 Å². The van der Waals surface area contributed by atoms with Crippen LogP contribution in [-0.4, -0.2) is 25.4 Å². The quantitative estimate of drug-likeness (QED) is 0.273. The summed E-state index contributed by atoms with van der Waals surface area (Å²) < 4.78 is 1.98. The Morgan fingerprint density at radius 1 is 0.969 bits per heavy atom. The lowest BCUT2D eigenvalue weighted by atomic mass is 10.1. The van der Waals surface area contributed by atoms with Crippen molar-refractivity contribution in [1.82, 2.24) is 19.6 Å². The molecule has 0 aliphatic rings. The maximum atomic E-state index is 12.5. The van der Waals surface area contributed by atoms with Gasteiger partial charge in [-0.1, -0.05) is 41.9 Å². The zero-order valence-corrected chi connectivity index (χ0v) is 17.9. The number of anilines is 2. The minimum atomic E-state index is -0.0780. The Hall–Kier alpha value is -4.03. The minimum Gasteiger partial charge on any atom is -0.337 e. The Labute approximate surface area is 189 Å². The standard InChI is InChI=1S/C25H18ClN5O/c1-16-29-30-25-24(28-21-4-2-3-5-22(21)31(16)25)27-20-13-9-18(10-14-20)23(32)15-8-17-6-11-19(26)12-7-17/h2-15H,1H3,(H,27,28)/b15-8+. The van der Waals surface area contributed by atoms with E-state index in [1.165, 1.54) is 0 Å². The molecule has 5 aromatic rings. The van der Waals surface area contributed by atoms with Gasteiger partial charge in [-0.3, -0.25) is 9.20 Å². The molecule has 0 aliphatic carbocycles. The number of rotatable bonds is 5. The zero-order valence-electron chi connectivity index (χ0n) is 17.2. The molecule has 0 atom stereocenters. The number of benzene rings is 3. The summed E-state index contributed by atoms with van der Waals surface area (Å²) in [6.45, 7) is 1.91. The number of carbonyl (C=O) groups is 1. The third-order valence-electron chi connectivity index (χ3n) is 5.12. The van der Waals surface area contributed by atoms with Gasteiger partial charge in [0.15, 0.2) is 11.6 Å². The zero-order chi connectivity index (χ0) is 22.1. The molecule has 0 aliphatic heterocycles. The van der Waals surface area contributed by atoms with Crippen LogP contribution in [0.15, 0.2) is 78.9 Å². The van der Waals surface area contributed by atoms with Crippen molar-refractivity contribution in [3.05, 3.63) is 101 Å². The number of nitrogens with zero attached hydrogens (tertiary/aromatic N) is 4. The van der Waals surface area contributed by atoms with Crippen LogP contribution in [0.25, 0.3) is 22.8 Å². The van der Waals surface area contributed by atoms with Crippen molar-refractivity contribution in [2.45, 2.75) is 6.92 Å². The molecule has 0 amide bonds. The minimum absolute atomic E-state index is 0.0780. The molecule has 1 N–H and O–H groups in total. The lowest BCUT2D eigenvalue weighted by Crippen LogP contribution is -2.01. The van der Waals surface area contributed by atoms with Crippen LogP contribution in [0, 0.1) is 6.92 Å². The van der Waals surface area contributed by atoms with Crippen molar-refractivity contribution < 1.29 is 4.79 Å². The number of halogens is 1. The number of aromatic nitrogens is 4. The third-order valence-corrected chi connectivity index (χ3v) is 5.37. The van der Waals surface area contributed by atoms with E-state index in [-0.39, 0.29) is 5.78 Å². The molecule has 0 saturated heterocycles. The highest BCUT2D eigenvalue weighted by Crippen LogP contribution is 2.24. The van der Waals surface area contributed by atoms with Gasteiger partial charge in [-0.05, 0) is 67.1 Å². The normalized spacial score (nSPS) is 11.4. The number of nitrogens with one attached hydrogen (secondary N) is 1. The molecule has 0 saturated carbocycles. The number of hydrogen-bond donors (Lipinski definition) is 1. The Morgan fingerprint density at radius 2 is 1.72 bits per heavy atom. The Bertz CT molecular complexity index is 1470. The predicted octanol–water partition coefficient (Wildman–Crippen LogP) is 5.88. The molecule has 0 fully saturated rings. The summed E-state index contributed by atoms with van der Waals surface area (Å²) >= 11 is 5.89. The first kappa shape index (κ1) is 19.9. The van der Waals surface area contributed by atoms with E-state index in [2.05, 4.69) is 15.5 Å². The highest BCUT2D eigenvalue weighted by Gasteiger charge is 2.13. The predicted molar refractivity (Wildman–Crippen MR) is 128 cm³/mol. The Balaban J connectivity index is 1.39. The van der Waals surface area contributed by atoms with Crippen molar-refractivity contribution >= 4 is 51.6 Å². The number of para-hydroxylation sites is 2. The Kier molecular flexibility index (Phi) is 5.13. The first-order chi connectivity index (χ1) is 15.6. The second-order valence-electron chi connectivity index (χ2n) is 7.31. The summed E-state index contributed by atoms with van der Waals surface area (Å²) in [6, 6.07) is 22.4. The van der Waals surface area contributed by atoms with E-state index in [1.807, 2.05) is 59.9 Å². The summed E-state index contributed by atoms with van der Waals surface area (Å²) in [6.07, 6.45) is 3.33. The van der Waals surface area contributed by atoms with Crippen LogP contribution in [-0.2, 0) is 0 Å². The molecule has 3 aromatic carbocycles. The molecule has 0 unspecified atom stereocenters. The molecule has 5 rings (SSSR count). The highest BCUT2D eigenvalue weighted by atomic mass is 35.5. The van der Waals surface area contributed by atoms with Gasteiger partial charge in [-0.15, -0.1) is 10.2 Å². The van der Waals surface area contributed by atoms with Crippen LogP contribution in [0.4, 0.5) is 11.5 Å². The SMILES string of the molecule is Cc1nnc2c(Nc3ccc(C(=O)/C=C/c4ccc(Cl)cc4)cc3)nc3ccccc3n12. The van der Waals surface area contributed by atoms with Crippen LogP contribution in [0.1, 0.15) is 21.7 Å². The van der Waals surface area contributed by atoms with E-state index in [0.29, 0.717) is 22.1 Å². The van der Waals surface area contributed by atoms with Gasteiger partial charge in [-0.25, -0.2) is 4.98 Å². The molecule has 0 spiro atoms. The number of hydrogen-bond acceptors (Lipinski definition) is 5. The van der Waals surface area contributed by atoms with Crippen molar-refractivity contribution in [2.75, 3.05) is 5.32 Å². The van der Waals surface area contributed by atoms with E-state index in [9.17, 15) is 4.79 Å². The largest absolute Gasteiger partial charge is 0.337 e. The van der Waals surface area contributed by atoms with E-state index in [0.717, 1.165) is 28.1 Å². The smallest absolute Gasteiger partial charge is 0.204 e. The molecule has 0 radical (unpaired) electrons. The lowest BCUT2D eigenvalue weighted by molar-refractivity contribution is 0.104. The van der Waals surface area contributed by atoms with Gasteiger partial charge in [0.25, 0.3) is 0 Å². The average Bonchev–Trinajstić information content (AvgIpc) is 3.21. The number of ketones is 1. The summed E-state index contributed by atoms with van der Waals surface area (Å²) in [5, 5.41) is 12.5. The topological polar surface area (TPSA) is 72.2 Å². The number of carbonyl (C=O) groups excluding carboxylic acids is 1. The number of fused-ring (bicyclic) bond motifs is 3. The van der Waals surface area contributed by atoms with E-state index >= 15 is 0 Å². The molecule has 32 heavy (non-hydrogen) atoms. The fraction of sp³-hybridized carbons (Fsp3) is 0.0400. The van der Waals surface area contributed by atoms with E-state index < -0.39 is 0 Å². The monoisotopic (exact) mass is 439 g/mol. The third kappa shape index (κ3) is 3.84. The van der Waals surface area contributed by atoms with Gasteiger partial charge >= 0.3 is 0 Å². The maximum Gasteiger partial charge on any atom is 0.204 e. The van der Waals surface area contributed by atoms with E-state index in [1.54, 1.807) is 36.4 Å². The number of allylic oxidation sites excluding steroid dienone is 1. The molecular weight excluding hydrogens is 422 g/mol. The molecular formula is C25H18ClN5O. The van der Waals surface area contributed by atoms with Crippen LogP contribution in [0.3, 0.4) is 0 Å². The van der Waals surface area contributed by atoms with Crippen molar-refractivity contribution in [3.8, 4) is 0 Å². The average molecular weight is 440 g/mol. The summed E-state index contributed by atoms with van der Waals surface area (Å²) in [5.41, 5.74) is 4.74. The van der Waals surface area contributed by atoms with Gasteiger partial charge in [-0.2, -0.15) is 0 Å². The fourth-order valence-electron chi connectivity index (χ4n) is 3.50. The van der Waals surface area contributed by atoms with Crippen LogP contribution < -0.4 is 5.32 Å². The Morgan fingerprint density at radius 3 is 2.50 bits per heavy atom. The lowest BCUT2D eigenvalue weighted by Gasteiger charge is -2.10. The molecule has 2 heterocycles. The van der Waals surface area contributed by atoms with Gasteiger partial charge in [0, 0.05) is 16.3 Å². The van der Waals surface area contributed by atoms with Gasteiger partial charge in [0.05, 0.1) is 11.0 Å². The second kappa shape index (κ2) is 8.24. The fourth-order valence-corrected chi connectivity index (χ4v) is 3.63. The van der Waals surface area contributed by atoms with Crippen molar-refractivity contribution in [3.63, 3.8) is 0 Å². The van der Waals surface area contributed by atoms with Gasteiger partial charge < -0.3 is 5.32 Å². The summed E-state index contributed by atoms with van der Waals surface area (Å²) in [7, 11) is 0. The van der Waals surface area contributed by atoms with E-state index in [4.69, 9.17) is 16.6 Å². The molecule has 2 aromatic heterocycles. The van der Waals surface area contributed by atoms with Gasteiger partial charge in [0.1, 0.15) is 5.82 Å². The molecule has 7 heteroatoms. The number of aryl methyl sites for hydroxylation is 1.